The number of alkyl halides is 1. The zero-order valence-electron chi connectivity index (χ0n) is 22.1. The lowest BCUT2D eigenvalue weighted by Gasteiger charge is -2.34. The third-order valence-corrected chi connectivity index (χ3v) is 8.01. The van der Waals surface area contributed by atoms with Gasteiger partial charge < -0.3 is 9.88 Å². The third-order valence-electron chi connectivity index (χ3n) is 8.01. The summed E-state index contributed by atoms with van der Waals surface area (Å²) in [5, 5.41) is 1.32. The van der Waals surface area contributed by atoms with E-state index in [9.17, 15) is 9.18 Å². The van der Waals surface area contributed by atoms with Crippen LogP contribution in [0.3, 0.4) is 0 Å². The monoisotopic (exact) mass is 490 g/mol. The molecule has 4 heterocycles. The van der Waals surface area contributed by atoms with E-state index in [2.05, 4.69) is 72.9 Å². The van der Waals surface area contributed by atoms with Crippen molar-refractivity contribution in [2.24, 2.45) is 0 Å². The summed E-state index contributed by atoms with van der Waals surface area (Å²) in [5.74, 6) is 1.06. The Morgan fingerprint density at radius 3 is 2.33 bits per heavy atom. The SMILES string of the molecule is Cc1cc(-c2[nH]c3ccc(C4CCN(CC(=O)N5CCC(F)CC5)CC4)cc3c2C(C)C)cc(C)n1. The highest BCUT2D eigenvalue weighted by Gasteiger charge is 2.27. The predicted octanol–water partition coefficient (Wildman–Crippen LogP) is 6.11. The molecule has 2 aliphatic rings. The van der Waals surface area contributed by atoms with Crippen molar-refractivity contribution >= 4 is 16.8 Å². The number of aromatic amines is 1. The number of aromatic nitrogens is 2. The molecule has 0 spiro atoms. The molecule has 3 aromatic rings. The largest absolute Gasteiger partial charge is 0.354 e. The van der Waals surface area contributed by atoms with Gasteiger partial charge in [0.05, 0.1) is 12.2 Å². The smallest absolute Gasteiger partial charge is 0.236 e. The molecule has 6 heteroatoms. The molecule has 2 aliphatic heterocycles. The van der Waals surface area contributed by atoms with Crippen LogP contribution in [0.15, 0.2) is 30.3 Å². The number of H-pyrrole nitrogens is 1. The molecule has 0 bridgehead atoms. The first-order valence-corrected chi connectivity index (χ1v) is 13.5. The fourth-order valence-corrected chi connectivity index (χ4v) is 6.10. The van der Waals surface area contributed by atoms with E-state index in [4.69, 9.17) is 0 Å². The fraction of sp³-hybridized carbons (Fsp3) is 0.533. The van der Waals surface area contributed by atoms with E-state index in [1.165, 1.54) is 33.3 Å². The van der Waals surface area contributed by atoms with E-state index < -0.39 is 6.17 Å². The van der Waals surface area contributed by atoms with Crippen LogP contribution in [0.25, 0.3) is 22.2 Å². The Balaban J connectivity index is 1.31. The number of likely N-dealkylation sites (tertiary alicyclic amines) is 2. The summed E-state index contributed by atoms with van der Waals surface area (Å²) >= 11 is 0. The molecule has 5 rings (SSSR count). The number of hydrogen-bond donors (Lipinski definition) is 1. The fourth-order valence-electron chi connectivity index (χ4n) is 6.10. The van der Waals surface area contributed by atoms with E-state index in [0.717, 1.165) is 37.3 Å². The van der Waals surface area contributed by atoms with E-state index >= 15 is 0 Å². The summed E-state index contributed by atoms with van der Waals surface area (Å²) in [6.45, 7) is 12.1. The number of pyridine rings is 1. The standard InChI is InChI=1S/C30H39FN4O/c1-19(2)29-26-17-23(5-6-27(26)33-30(29)24-15-20(3)32-21(4)16-24)22-7-11-34(12-8-22)18-28(36)35-13-9-25(31)10-14-35/h5-6,15-17,19,22,25,33H,7-14,18H2,1-4H3. The van der Waals surface area contributed by atoms with E-state index in [-0.39, 0.29) is 5.91 Å². The number of carbonyl (C=O) groups excluding carboxylic acids is 1. The number of halogens is 1. The molecule has 1 amide bonds. The Morgan fingerprint density at radius 2 is 1.69 bits per heavy atom. The molecule has 2 fully saturated rings. The molecule has 0 unspecified atom stereocenters. The lowest BCUT2D eigenvalue weighted by molar-refractivity contribution is -0.134. The first-order chi connectivity index (χ1) is 17.3. The van der Waals surface area contributed by atoms with Crippen molar-refractivity contribution in [3.8, 4) is 11.3 Å². The third kappa shape index (κ3) is 5.19. The Labute approximate surface area is 214 Å². The number of carbonyl (C=O) groups is 1. The zero-order chi connectivity index (χ0) is 25.4. The van der Waals surface area contributed by atoms with Gasteiger partial charge in [0.15, 0.2) is 0 Å². The number of rotatable bonds is 5. The Hall–Kier alpha value is -2.73. The number of hydrogen-bond acceptors (Lipinski definition) is 3. The Bertz CT molecular complexity index is 1210. The van der Waals surface area contributed by atoms with Crippen LogP contribution in [0, 0.1) is 13.8 Å². The van der Waals surface area contributed by atoms with E-state index in [0.29, 0.717) is 44.3 Å². The molecular formula is C30H39FN4O. The minimum absolute atomic E-state index is 0.157. The number of piperidine rings is 2. The first-order valence-electron chi connectivity index (χ1n) is 13.5. The van der Waals surface area contributed by atoms with Gasteiger partial charge in [0.25, 0.3) is 0 Å². The number of nitrogens with zero attached hydrogens (tertiary/aromatic N) is 3. The Morgan fingerprint density at radius 1 is 1.03 bits per heavy atom. The average molecular weight is 491 g/mol. The molecule has 0 saturated carbocycles. The van der Waals surface area contributed by atoms with Crippen molar-refractivity contribution < 1.29 is 9.18 Å². The molecule has 0 aliphatic carbocycles. The van der Waals surface area contributed by atoms with Gasteiger partial charge >= 0.3 is 0 Å². The van der Waals surface area contributed by atoms with Gasteiger partial charge in [0.1, 0.15) is 6.17 Å². The first kappa shape index (κ1) is 24.9. The van der Waals surface area contributed by atoms with Crippen LogP contribution in [0.4, 0.5) is 4.39 Å². The van der Waals surface area contributed by atoms with Crippen molar-refractivity contribution in [2.45, 2.75) is 71.4 Å². The maximum absolute atomic E-state index is 13.4. The molecule has 192 valence electrons. The summed E-state index contributed by atoms with van der Waals surface area (Å²) in [5.41, 5.74) is 8.44. The van der Waals surface area contributed by atoms with Crippen molar-refractivity contribution in [1.82, 2.24) is 19.8 Å². The van der Waals surface area contributed by atoms with Gasteiger partial charge in [-0.15, -0.1) is 0 Å². The van der Waals surface area contributed by atoms with Crippen LogP contribution in [-0.4, -0.2) is 64.6 Å². The normalized spacial score (nSPS) is 18.4. The van der Waals surface area contributed by atoms with E-state index in [1.807, 2.05) is 4.90 Å². The molecule has 0 radical (unpaired) electrons. The zero-order valence-corrected chi connectivity index (χ0v) is 22.1. The number of benzene rings is 1. The quantitative estimate of drug-likeness (QED) is 0.469. The number of amides is 1. The maximum Gasteiger partial charge on any atom is 0.236 e. The molecule has 5 nitrogen and oxygen atoms in total. The second-order valence-corrected chi connectivity index (χ2v) is 11.1. The highest BCUT2D eigenvalue weighted by Crippen LogP contribution is 2.38. The number of aryl methyl sites for hydroxylation is 2. The lowest BCUT2D eigenvalue weighted by Crippen LogP contribution is -2.46. The highest BCUT2D eigenvalue weighted by molar-refractivity contribution is 5.92. The van der Waals surface area contributed by atoms with Crippen LogP contribution >= 0.6 is 0 Å². The summed E-state index contributed by atoms with van der Waals surface area (Å²) in [6, 6.07) is 11.3. The maximum atomic E-state index is 13.4. The second kappa shape index (κ2) is 10.3. The minimum atomic E-state index is -0.743. The van der Waals surface area contributed by atoms with Crippen molar-refractivity contribution in [1.29, 1.82) is 0 Å². The van der Waals surface area contributed by atoms with Crippen LogP contribution in [0.1, 0.15) is 73.9 Å². The predicted molar refractivity (Wildman–Crippen MR) is 144 cm³/mol. The van der Waals surface area contributed by atoms with Gasteiger partial charge in [-0.1, -0.05) is 19.9 Å². The number of nitrogens with one attached hydrogen (secondary N) is 1. The molecule has 2 saturated heterocycles. The van der Waals surface area contributed by atoms with Crippen LogP contribution in [0.2, 0.25) is 0 Å². The minimum Gasteiger partial charge on any atom is -0.354 e. The van der Waals surface area contributed by atoms with Gasteiger partial charge in [-0.3, -0.25) is 14.7 Å². The average Bonchev–Trinajstić information content (AvgIpc) is 3.23. The summed E-state index contributed by atoms with van der Waals surface area (Å²) in [4.78, 5) is 25.1. The summed E-state index contributed by atoms with van der Waals surface area (Å²) in [7, 11) is 0. The highest BCUT2D eigenvalue weighted by atomic mass is 19.1. The van der Waals surface area contributed by atoms with Gasteiger partial charge in [0.2, 0.25) is 5.91 Å². The molecule has 36 heavy (non-hydrogen) atoms. The number of fused-ring (bicyclic) bond motifs is 1. The van der Waals surface area contributed by atoms with Crippen LogP contribution in [0.5, 0.6) is 0 Å². The van der Waals surface area contributed by atoms with Crippen molar-refractivity contribution in [3.05, 3.63) is 52.8 Å². The van der Waals surface area contributed by atoms with E-state index in [1.54, 1.807) is 0 Å². The van der Waals surface area contributed by atoms with Crippen molar-refractivity contribution in [2.75, 3.05) is 32.7 Å². The van der Waals surface area contributed by atoms with Crippen LogP contribution < -0.4 is 0 Å². The van der Waals surface area contributed by atoms with Gasteiger partial charge in [-0.25, -0.2) is 4.39 Å². The molecule has 2 aromatic heterocycles. The summed E-state index contributed by atoms with van der Waals surface area (Å²) in [6.07, 6.45) is 2.34. The Kier molecular flexibility index (Phi) is 7.16. The summed E-state index contributed by atoms with van der Waals surface area (Å²) < 4.78 is 13.4. The van der Waals surface area contributed by atoms with Crippen LogP contribution in [-0.2, 0) is 4.79 Å². The van der Waals surface area contributed by atoms with Gasteiger partial charge in [0, 0.05) is 40.9 Å². The van der Waals surface area contributed by atoms with Gasteiger partial charge in [-0.2, -0.15) is 0 Å². The molecule has 1 aromatic carbocycles. The topological polar surface area (TPSA) is 52.2 Å². The molecular weight excluding hydrogens is 451 g/mol. The van der Waals surface area contributed by atoms with Gasteiger partial charge in [-0.05, 0) is 99.8 Å². The molecule has 0 atom stereocenters. The lowest BCUT2D eigenvalue weighted by atomic mass is 9.87. The second-order valence-electron chi connectivity index (χ2n) is 11.1. The van der Waals surface area contributed by atoms with Crippen molar-refractivity contribution in [3.63, 3.8) is 0 Å². The molecule has 1 N–H and O–H groups in total.